The van der Waals surface area contributed by atoms with Crippen molar-refractivity contribution in [3.8, 4) is 0 Å². The molecule has 0 radical (unpaired) electrons. The zero-order valence-corrected chi connectivity index (χ0v) is 21.1. The highest BCUT2D eigenvalue weighted by Crippen LogP contribution is 2.23. The number of hydrogen-bond donors (Lipinski definition) is 4. The number of benzene rings is 1. The van der Waals surface area contributed by atoms with Crippen LogP contribution in [0.25, 0.3) is 0 Å². The van der Waals surface area contributed by atoms with Crippen LogP contribution in [-0.4, -0.2) is 51.4 Å². The smallest absolute Gasteiger partial charge is 0.251 e. The SMILES string of the molecule is Cc1nc(C)c(S(=O)(=O)NCCc2cnc3nc2NCCCNS(=O)(=O)c2cccc(c2)N3)s1. The van der Waals surface area contributed by atoms with Gasteiger partial charge in [-0.3, -0.25) is 0 Å². The highest BCUT2D eigenvalue weighted by Gasteiger charge is 2.21. The Balaban J connectivity index is 1.52. The Morgan fingerprint density at radius 1 is 1.18 bits per heavy atom. The van der Waals surface area contributed by atoms with E-state index in [0.717, 1.165) is 16.9 Å². The minimum atomic E-state index is -3.66. The number of nitrogens with zero attached hydrogens (tertiary/aromatic N) is 3. The lowest BCUT2D eigenvalue weighted by Crippen LogP contribution is -2.27. The Morgan fingerprint density at radius 2 is 2.00 bits per heavy atom. The summed E-state index contributed by atoms with van der Waals surface area (Å²) < 4.78 is 55.7. The molecule has 0 atom stereocenters. The molecule has 0 saturated heterocycles. The van der Waals surface area contributed by atoms with Gasteiger partial charge in [0.1, 0.15) is 5.82 Å². The van der Waals surface area contributed by atoms with E-state index in [9.17, 15) is 16.8 Å². The molecule has 4 N–H and O–H groups in total. The maximum atomic E-state index is 12.6. The van der Waals surface area contributed by atoms with Gasteiger partial charge in [-0.05, 0) is 44.9 Å². The first-order valence-corrected chi connectivity index (χ1v) is 14.3. The topological polar surface area (TPSA) is 155 Å². The van der Waals surface area contributed by atoms with E-state index in [1.165, 1.54) is 12.1 Å². The van der Waals surface area contributed by atoms with Crippen LogP contribution in [0.1, 0.15) is 22.7 Å². The van der Waals surface area contributed by atoms with Gasteiger partial charge in [-0.15, -0.1) is 11.3 Å². The quantitative estimate of drug-likeness (QED) is 0.392. The lowest BCUT2D eigenvalue weighted by atomic mass is 10.2. The molecule has 4 rings (SSSR count). The van der Waals surface area contributed by atoms with Gasteiger partial charge < -0.3 is 10.6 Å². The fourth-order valence-electron chi connectivity index (χ4n) is 3.41. The molecule has 3 heterocycles. The van der Waals surface area contributed by atoms with Gasteiger partial charge in [0.2, 0.25) is 16.0 Å². The van der Waals surface area contributed by atoms with Gasteiger partial charge in [-0.25, -0.2) is 36.2 Å². The number of fused-ring (bicyclic) bond motifs is 4. The van der Waals surface area contributed by atoms with E-state index in [1.807, 2.05) is 0 Å². The van der Waals surface area contributed by atoms with Gasteiger partial charge in [0.25, 0.3) is 10.0 Å². The first kappa shape index (κ1) is 24.5. The third-order valence-electron chi connectivity index (χ3n) is 4.99. The summed E-state index contributed by atoms with van der Waals surface area (Å²) in [4.78, 5) is 13.2. The van der Waals surface area contributed by atoms with Crippen molar-refractivity contribution in [1.82, 2.24) is 24.4 Å². The molecule has 4 bridgehead atoms. The average Bonchev–Trinajstić information content (AvgIpc) is 3.13. The highest BCUT2D eigenvalue weighted by molar-refractivity contribution is 7.91. The van der Waals surface area contributed by atoms with E-state index in [2.05, 4.69) is 35.0 Å². The molecule has 0 saturated carbocycles. The number of anilines is 3. The lowest BCUT2D eigenvalue weighted by molar-refractivity contribution is 0.579. The Labute approximate surface area is 202 Å². The van der Waals surface area contributed by atoms with Crippen molar-refractivity contribution in [3.05, 3.63) is 46.7 Å². The second-order valence-electron chi connectivity index (χ2n) is 7.65. The molecule has 2 aromatic heterocycles. The fraction of sp³-hybridized carbons (Fsp3) is 0.350. The molecule has 0 fully saturated rings. The summed E-state index contributed by atoms with van der Waals surface area (Å²) in [5.41, 5.74) is 1.74. The summed E-state index contributed by atoms with van der Waals surface area (Å²) in [5, 5.41) is 6.93. The van der Waals surface area contributed by atoms with Crippen LogP contribution in [0.5, 0.6) is 0 Å². The molecule has 0 aliphatic carbocycles. The molecule has 11 nitrogen and oxygen atoms in total. The van der Waals surface area contributed by atoms with Crippen LogP contribution in [-0.2, 0) is 26.5 Å². The molecular formula is C20H25N7O4S3. The standard InChI is InChI=1S/C20H25N7O4S3/c1-13-19(32-14(2)25-13)34(30,31)24-10-7-15-12-22-20-26-16-5-3-6-17(11-16)33(28,29)23-9-4-8-21-18(15)27-20/h3,5-6,11-12,23-24H,4,7-10H2,1-2H3,(H2,21,22,26,27). The molecule has 182 valence electrons. The molecule has 1 aliphatic rings. The van der Waals surface area contributed by atoms with Crippen LogP contribution in [0.2, 0.25) is 0 Å². The molecule has 34 heavy (non-hydrogen) atoms. The van der Waals surface area contributed by atoms with Crippen molar-refractivity contribution in [2.45, 2.75) is 35.8 Å². The van der Waals surface area contributed by atoms with Crippen molar-refractivity contribution < 1.29 is 16.8 Å². The number of sulfonamides is 2. The molecule has 14 heteroatoms. The summed E-state index contributed by atoms with van der Waals surface area (Å²) >= 11 is 1.14. The zero-order valence-electron chi connectivity index (χ0n) is 18.6. The van der Waals surface area contributed by atoms with E-state index >= 15 is 0 Å². The molecule has 0 spiro atoms. The second-order valence-corrected chi connectivity index (χ2v) is 12.6. The van der Waals surface area contributed by atoms with E-state index in [-0.39, 0.29) is 22.2 Å². The number of thiazole rings is 1. The first-order chi connectivity index (χ1) is 16.1. The van der Waals surface area contributed by atoms with Crippen LogP contribution in [0.4, 0.5) is 17.5 Å². The largest absolute Gasteiger partial charge is 0.370 e. The predicted octanol–water partition coefficient (Wildman–Crippen LogP) is 1.91. The van der Waals surface area contributed by atoms with Crippen LogP contribution >= 0.6 is 11.3 Å². The van der Waals surface area contributed by atoms with Gasteiger partial charge in [-0.2, -0.15) is 4.98 Å². The van der Waals surface area contributed by atoms with E-state index in [1.54, 1.807) is 32.2 Å². The number of hydrogen-bond acceptors (Lipinski definition) is 10. The fourth-order valence-corrected chi connectivity index (χ4v) is 7.08. The van der Waals surface area contributed by atoms with Crippen molar-refractivity contribution >= 4 is 48.8 Å². The predicted molar refractivity (Wildman–Crippen MR) is 131 cm³/mol. The summed E-state index contributed by atoms with van der Waals surface area (Å²) in [6.45, 7) is 4.32. The van der Waals surface area contributed by atoms with Crippen LogP contribution < -0.4 is 20.1 Å². The van der Waals surface area contributed by atoms with Crippen LogP contribution in [0.3, 0.4) is 0 Å². The van der Waals surface area contributed by atoms with Crippen LogP contribution in [0.15, 0.2) is 39.6 Å². The maximum absolute atomic E-state index is 12.6. The summed E-state index contributed by atoms with van der Waals surface area (Å²) in [6, 6.07) is 6.41. The summed E-state index contributed by atoms with van der Waals surface area (Å²) in [6.07, 6.45) is 2.52. The summed E-state index contributed by atoms with van der Waals surface area (Å²) in [7, 11) is -7.29. The minimum absolute atomic E-state index is 0.153. The monoisotopic (exact) mass is 523 g/mol. The first-order valence-electron chi connectivity index (χ1n) is 10.5. The van der Waals surface area contributed by atoms with E-state index in [4.69, 9.17) is 0 Å². The van der Waals surface area contributed by atoms with Crippen LogP contribution in [0, 0.1) is 13.8 Å². The molecule has 1 aliphatic heterocycles. The average molecular weight is 524 g/mol. The molecule has 1 aromatic carbocycles. The van der Waals surface area contributed by atoms with Gasteiger partial charge in [-0.1, -0.05) is 6.07 Å². The normalized spacial score (nSPS) is 15.8. The molecule has 3 aromatic rings. The molecular weight excluding hydrogens is 498 g/mol. The second kappa shape index (κ2) is 9.92. The van der Waals surface area contributed by atoms with Crippen molar-refractivity contribution in [1.29, 1.82) is 0 Å². The minimum Gasteiger partial charge on any atom is -0.370 e. The number of aromatic nitrogens is 3. The van der Waals surface area contributed by atoms with E-state index < -0.39 is 20.0 Å². The van der Waals surface area contributed by atoms with Crippen molar-refractivity contribution in [2.24, 2.45) is 0 Å². The number of rotatable bonds is 5. The Hall–Kier alpha value is -2.65. The highest BCUT2D eigenvalue weighted by atomic mass is 32.2. The number of nitrogens with one attached hydrogen (secondary N) is 4. The van der Waals surface area contributed by atoms with Gasteiger partial charge in [0.05, 0.1) is 15.6 Å². The molecule has 0 unspecified atom stereocenters. The Kier molecular flexibility index (Phi) is 7.14. The van der Waals surface area contributed by atoms with Gasteiger partial charge in [0, 0.05) is 37.1 Å². The third-order valence-corrected chi connectivity index (χ3v) is 9.60. The van der Waals surface area contributed by atoms with Crippen molar-refractivity contribution in [2.75, 3.05) is 30.3 Å². The lowest BCUT2D eigenvalue weighted by Gasteiger charge is -2.13. The van der Waals surface area contributed by atoms with Gasteiger partial charge in [0.15, 0.2) is 4.21 Å². The number of aryl methyl sites for hydroxylation is 2. The Bertz CT molecular complexity index is 1410. The third kappa shape index (κ3) is 5.70. The van der Waals surface area contributed by atoms with Crippen molar-refractivity contribution in [3.63, 3.8) is 0 Å². The summed E-state index contributed by atoms with van der Waals surface area (Å²) in [5.74, 6) is 0.851. The molecule has 0 amide bonds. The van der Waals surface area contributed by atoms with Gasteiger partial charge >= 0.3 is 0 Å². The zero-order chi connectivity index (χ0) is 24.3. The Morgan fingerprint density at radius 3 is 2.76 bits per heavy atom. The van der Waals surface area contributed by atoms with E-state index in [0.29, 0.717) is 47.5 Å². The maximum Gasteiger partial charge on any atom is 0.251 e.